The molecule has 1 atom stereocenters. The lowest BCUT2D eigenvalue weighted by molar-refractivity contribution is -0.117. The van der Waals surface area contributed by atoms with Crippen molar-refractivity contribution < 1.29 is 14.3 Å². The number of rotatable bonds is 10. The average Bonchev–Trinajstić information content (AvgIpc) is 3.67. The lowest BCUT2D eigenvalue weighted by Crippen LogP contribution is -2.29. The third-order valence-electron chi connectivity index (χ3n) is 6.19. The molecule has 212 valence electrons. The van der Waals surface area contributed by atoms with Crippen molar-refractivity contribution in [3.05, 3.63) is 118 Å². The maximum Gasteiger partial charge on any atom is 0.338 e. The monoisotopic (exact) mass is 713 g/mol. The first-order valence-electron chi connectivity index (χ1n) is 12.6. The molecule has 0 spiro atoms. The molecule has 2 heterocycles. The number of hydrogen-bond acceptors (Lipinski definition) is 7. The highest BCUT2D eigenvalue weighted by Crippen LogP contribution is 2.29. The molecule has 2 N–H and O–H groups in total. The predicted molar refractivity (Wildman–Crippen MR) is 168 cm³/mol. The zero-order chi connectivity index (χ0) is 29.5. The van der Waals surface area contributed by atoms with E-state index in [4.69, 9.17) is 32.9 Å². The number of alkyl halides is 1. The van der Waals surface area contributed by atoms with E-state index in [0.717, 1.165) is 5.56 Å². The van der Waals surface area contributed by atoms with Crippen LogP contribution in [-0.2, 0) is 16.0 Å². The van der Waals surface area contributed by atoms with Gasteiger partial charge in [0, 0.05) is 22.2 Å². The fourth-order valence-electron chi connectivity index (χ4n) is 4.21. The molecule has 0 saturated carbocycles. The number of carbonyl (C=O) groups is 2. The molecule has 0 aliphatic heterocycles. The number of carbonyl (C=O) groups excluding carboxylic acids is 2. The van der Waals surface area contributed by atoms with E-state index in [1.807, 2.05) is 52.9 Å². The molecular weight excluding hydrogens is 692 g/mol. The summed E-state index contributed by atoms with van der Waals surface area (Å²) in [6.07, 6.45) is 4.97. The first kappa shape index (κ1) is 29.4. The number of nitrogens with zero attached hydrogens (tertiary/aromatic N) is 5. The van der Waals surface area contributed by atoms with Gasteiger partial charge in [0.05, 0.1) is 17.3 Å². The van der Waals surface area contributed by atoms with E-state index in [2.05, 4.69) is 25.8 Å². The van der Waals surface area contributed by atoms with Gasteiger partial charge in [-0.25, -0.2) is 9.78 Å². The van der Waals surface area contributed by atoms with Crippen LogP contribution >= 0.6 is 45.8 Å². The highest BCUT2D eigenvalue weighted by molar-refractivity contribution is 14.1. The van der Waals surface area contributed by atoms with Gasteiger partial charge in [-0.15, -0.1) is 5.10 Å². The summed E-state index contributed by atoms with van der Waals surface area (Å²) in [5.41, 5.74) is 3.92. The number of nitrogens with one attached hydrogen (secondary N) is 2. The van der Waals surface area contributed by atoms with Crippen molar-refractivity contribution >= 4 is 63.7 Å². The van der Waals surface area contributed by atoms with E-state index in [-0.39, 0.29) is 10.5 Å². The second-order valence-electron chi connectivity index (χ2n) is 8.94. The number of ether oxygens (including phenoxy) is 1. The Kier molecular flexibility index (Phi) is 9.62. The van der Waals surface area contributed by atoms with Crippen molar-refractivity contribution in [1.82, 2.24) is 35.5 Å². The van der Waals surface area contributed by atoms with Crippen molar-refractivity contribution in [2.75, 3.05) is 4.61 Å². The fourth-order valence-corrected chi connectivity index (χ4v) is 4.92. The number of hydrogen-bond donors (Lipinski definition) is 2. The minimum Gasteiger partial charge on any atom is -0.451 e. The molecule has 0 aliphatic carbocycles. The number of esters is 1. The standard InChI is InChI=1S/C29H22Cl2IN7O3/c30-22-11-12-24(39-17-33-37-38-39)21(15-22)10-13-25(40)34-23(14-18-4-2-1-3-5-18)28-35-26(27(31)36-28)19-6-8-20(9-7-19)29(41)42-16-32/h1-13,15,17,23H,14,16H2,(H,34,40)(H,35,36)/b13-10+/t23-/m0/s1. The molecule has 2 aromatic heterocycles. The van der Waals surface area contributed by atoms with Gasteiger partial charge in [0.2, 0.25) is 5.91 Å². The number of H-pyrrole nitrogens is 1. The summed E-state index contributed by atoms with van der Waals surface area (Å²) in [7, 11) is 0. The first-order chi connectivity index (χ1) is 20.4. The van der Waals surface area contributed by atoms with Gasteiger partial charge in [-0.3, -0.25) is 4.79 Å². The van der Waals surface area contributed by atoms with Gasteiger partial charge in [0.1, 0.15) is 27.6 Å². The van der Waals surface area contributed by atoms with Crippen LogP contribution in [0, 0.1) is 0 Å². The number of benzene rings is 3. The summed E-state index contributed by atoms with van der Waals surface area (Å²) in [6.45, 7) is 0. The maximum absolute atomic E-state index is 13.2. The highest BCUT2D eigenvalue weighted by Gasteiger charge is 2.21. The average molecular weight is 714 g/mol. The summed E-state index contributed by atoms with van der Waals surface area (Å²) >= 11 is 14.7. The molecule has 0 aliphatic rings. The van der Waals surface area contributed by atoms with Crippen LogP contribution in [0.1, 0.15) is 33.4 Å². The SMILES string of the molecule is O=C(/C=C/c1cc(Cl)ccc1-n1cnnn1)N[C@@H](Cc1ccccc1)c1nc(-c2ccc(C(=O)OCI)cc2)c(Cl)[nH]1. The summed E-state index contributed by atoms with van der Waals surface area (Å²) in [5.74, 6) is -0.289. The second kappa shape index (κ2) is 13.7. The molecule has 5 aromatic rings. The Morgan fingerprint density at radius 2 is 1.86 bits per heavy atom. The van der Waals surface area contributed by atoms with Crippen molar-refractivity contribution in [3.63, 3.8) is 0 Å². The van der Waals surface area contributed by atoms with Crippen LogP contribution in [0.2, 0.25) is 10.2 Å². The summed E-state index contributed by atoms with van der Waals surface area (Å²) < 4.78 is 6.79. The number of imidazole rings is 1. The predicted octanol–water partition coefficient (Wildman–Crippen LogP) is 6.02. The molecule has 0 fully saturated rings. The summed E-state index contributed by atoms with van der Waals surface area (Å²) in [4.78, 5) is 33.1. The number of aromatic nitrogens is 6. The van der Waals surface area contributed by atoms with Crippen LogP contribution in [0.5, 0.6) is 0 Å². The highest BCUT2D eigenvalue weighted by atomic mass is 127. The van der Waals surface area contributed by atoms with E-state index in [1.54, 1.807) is 48.5 Å². The number of aromatic amines is 1. The number of halogens is 3. The van der Waals surface area contributed by atoms with Crippen LogP contribution in [0.3, 0.4) is 0 Å². The lowest BCUT2D eigenvalue weighted by atomic mass is 10.1. The quantitative estimate of drug-likeness (QED) is 0.0784. The van der Waals surface area contributed by atoms with Crippen LogP contribution in [0.4, 0.5) is 0 Å². The van der Waals surface area contributed by atoms with Crippen LogP contribution in [0.25, 0.3) is 23.0 Å². The minimum absolute atomic E-state index is 0.260. The Labute approximate surface area is 264 Å². The van der Waals surface area contributed by atoms with Crippen molar-refractivity contribution in [3.8, 4) is 16.9 Å². The maximum atomic E-state index is 13.2. The smallest absolute Gasteiger partial charge is 0.338 e. The molecule has 0 unspecified atom stereocenters. The molecule has 3 aromatic carbocycles. The van der Waals surface area contributed by atoms with Gasteiger partial charge in [0.25, 0.3) is 0 Å². The van der Waals surface area contributed by atoms with Crippen LogP contribution in [-0.4, -0.2) is 46.7 Å². The molecule has 0 saturated heterocycles. The summed E-state index contributed by atoms with van der Waals surface area (Å²) in [5, 5.41) is 15.1. The van der Waals surface area contributed by atoms with Crippen LogP contribution < -0.4 is 5.32 Å². The zero-order valence-corrected chi connectivity index (χ0v) is 25.4. The van der Waals surface area contributed by atoms with Gasteiger partial charge in [-0.05, 0) is 81.4 Å². The first-order valence-corrected chi connectivity index (χ1v) is 14.8. The molecule has 1 amide bonds. The minimum atomic E-state index is -0.535. The van der Waals surface area contributed by atoms with Gasteiger partial charge < -0.3 is 15.0 Å². The van der Waals surface area contributed by atoms with Gasteiger partial charge in [0.15, 0.2) is 0 Å². The molecule has 0 bridgehead atoms. The van der Waals surface area contributed by atoms with Crippen molar-refractivity contribution in [2.45, 2.75) is 12.5 Å². The summed E-state index contributed by atoms with van der Waals surface area (Å²) in [6, 6.07) is 21.2. The van der Waals surface area contributed by atoms with E-state index in [9.17, 15) is 9.59 Å². The van der Waals surface area contributed by atoms with Gasteiger partial charge in [-0.1, -0.05) is 65.7 Å². The van der Waals surface area contributed by atoms with Crippen LogP contribution in [0.15, 0.2) is 85.2 Å². The molecule has 42 heavy (non-hydrogen) atoms. The third kappa shape index (κ3) is 7.22. The Morgan fingerprint density at radius 3 is 2.57 bits per heavy atom. The molecule has 13 heteroatoms. The van der Waals surface area contributed by atoms with E-state index < -0.39 is 12.0 Å². The van der Waals surface area contributed by atoms with Gasteiger partial charge >= 0.3 is 5.97 Å². The van der Waals surface area contributed by atoms with Gasteiger partial charge in [-0.2, -0.15) is 4.68 Å². The Bertz CT molecular complexity index is 1710. The fraction of sp³-hybridized carbons (Fsp3) is 0.103. The molecule has 10 nitrogen and oxygen atoms in total. The lowest BCUT2D eigenvalue weighted by Gasteiger charge is -2.16. The van der Waals surface area contributed by atoms with E-state index in [0.29, 0.717) is 50.5 Å². The Balaban J connectivity index is 1.40. The molecular formula is C29H22Cl2IN7O3. The molecule has 0 radical (unpaired) electrons. The third-order valence-corrected chi connectivity index (χ3v) is 7.01. The number of amides is 1. The second-order valence-corrected chi connectivity index (χ2v) is 10.4. The van der Waals surface area contributed by atoms with Crippen molar-refractivity contribution in [1.29, 1.82) is 0 Å². The molecule has 5 rings (SSSR count). The Morgan fingerprint density at radius 1 is 1.07 bits per heavy atom. The van der Waals surface area contributed by atoms with E-state index >= 15 is 0 Å². The normalized spacial score (nSPS) is 11.9. The largest absolute Gasteiger partial charge is 0.451 e. The number of tetrazole rings is 1. The zero-order valence-electron chi connectivity index (χ0n) is 21.7. The van der Waals surface area contributed by atoms with E-state index in [1.165, 1.54) is 17.1 Å². The van der Waals surface area contributed by atoms with Crippen molar-refractivity contribution in [2.24, 2.45) is 0 Å². The topological polar surface area (TPSA) is 128 Å². The Hall–Kier alpha value is -4.07.